The predicted octanol–water partition coefficient (Wildman–Crippen LogP) is 3.10. The van der Waals surface area contributed by atoms with Gasteiger partial charge >= 0.3 is 0 Å². The third-order valence-electron chi connectivity index (χ3n) is 2.70. The number of methoxy groups -OCH3 is 1. The van der Waals surface area contributed by atoms with E-state index in [0.717, 1.165) is 17.7 Å². The molecule has 0 spiro atoms. The van der Waals surface area contributed by atoms with Crippen LogP contribution in [0.15, 0.2) is 36.4 Å². The number of benzene rings is 2. The molecule has 0 aliphatic rings. The van der Waals surface area contributed by atoms with Crippen molar-refractivity contribution in [3.63, 3.8) is 0 Å². The van der Waals surface area contributed by atoms with Crippen molar-refractivity contribution < 1.29 is 13.5 Å². The highest BCUT2D eigenvalue weighted by Crippen LogP contribution is 2.30. The van der Waals surface area contributed by atoms with E-state index in [4.69, 9.17) is 10.5 Å². The minimum Gasteiger partial charge on any atom is -0.497 e. The highest BCUT2D eigenvalue weighted by Gasteiger charge is 2.13. The van der Waals surface area contributed by atoms with Crippen LogP contribution >= 0.6 is 0 Å². The van der Waals surface area contributed by atoms with E-state index >= 15 is 0 Å². The van der Waals surface area contributed by atoms with E-state index in [1.54, 1.807) is 18.2 Å². The molecule has 0 radical (unpaired) electrons. The highest BCUT2D eigenvalue weighted by molar-refractivity contribution is 5.66. The van der Waals surface area contributed by atoms with Crippen LogP contribution in [0.2, 0.25) is 0 Å². The van der Waals surface area contributed by atoms with Crippen LogP contribution in [0.4, 0.5) is 8.78 Å². The van der Waals surface area contributed by atoms with Crippen molar-refractivity contribution >= 4 is 0 Å². The Labute approximate surface area is 104 Å². The first-order valence-electron chi connectivity index (χ1n) is 5.48. The zero-order valence-electron chi connectivity index (χ0n) is 9.91. The van der Waals surface area contributed by atoms with Gasteiger partial charge in [0, 0.05) is 18.7 Å². The van der Waals surface area contributed by atoms with Crippen molar-refractivity contribution in [2.75, 3.05) is 7.11 Å². The van der Waals surface area contributed by atoms with Gasteiger partial charge in [-0.1, -0.05) is 18.2 Å². The number of nitrogens with two attached hydrogens (primary N) is 1. The van der Waals surface area contributed by atoms with Crippen molar-refractivity contribution in [1.82, 2.24) is 0 Å². The molecule has 0 aliphatic heterocycles. The molecule has 0 saturated carbocycles. The van der Waals surface area contributed by atoms with Crippen LogP contribution in [-0.2, 0) is 6.54 Å². The molecule has 0 bridgehead atoms. The summed E-state index contributed by atoms with van der Waals surface area (Å²) in [5, 5.41) is 0. The third-order valence-corrected chi connectivity index (χ3v) is 2.70. The van der Waals surface area contributed by atoms with Crippen LogP contribution in [-0.4, -0.2) is 7.11 Å². The summed E-state index contributed by atoms with van der Waals surface area (Å²) >= 11 is 0. The first-order chi connectivity index (χ1) is 8.65. The van der Waals surface area contributed by atoms with E-state index in [1.807, 2.05) is 6.07 Å². The summed E-state index contributed by atoms with van der Waals surface area (Å²) in [5.41, 5.74) is 6.74. The van der Waals surface area contributed by atoms with Gasteiger partial charge in [0.2, 0.25) is 0 Å². The Bertz CT molecular complexity index is 546. The Balaban J connectivity index is 2.56. The Morgan fingerprint density at radius 1 is 1.11 bits per heavy atom. The van der Waals surface area contributed by atoms with Crippen LogP contribution in [0.25, 0.3) is 11.1 Å². The normalized spacial score (nSPS) is 10.4. The van der Waals surface area contributed by atoms with Gasteiger partial charge in [-0.15, -0.1) is 0 Å². The molecular formula is C14H13F2NO. The lowest BCUT2D eigenvalue weighted by molar-refractivity contribution is 0.407. The fourth-order valence-corrected chi connectivity index (χ4v) is 1.80. The SMILES string of the molecule is COc1cc(F)c(-c2cccc(CN)c2)c(F)c1. The Kier molecular flexibility index (Phi) is 3.58. The molecule has 2 N–H and O–H groups in total. The molecule has 4 heteroatoms. The van der Waals surface area contributed by atoms with Gasteiger partial charge in [-0.05, 0) is 17.2 Å². The topological polar surface area (TPSA) is 35.2 Å². The van der Waals surface area contributed by atoms with Crippen LogP contribution in [0.1, 0.15) is 5.56 Å². The molecular weight excluding hydrogens is 236 g/mol. The average molecular weight is 249 g/mol. The van der Waals surface area contributed by atoms with E-state index in [2.05, 4.69) is 0 Å². The largest absolute Gasteiger partial charge is 0.497 e. The van der Waals surface area contributed by atoms with Crippen LogP contribution in [0.5, 0.6) is 5.75 Å². The van der Waals surface area contributed by atoms with Gasteiger partial charge in [-0.25, -0.2) is 8.78 Å². The summed E-state index contributed by atoms with van der Waals surface area (Å²) in [7, 11) is 1.36. The molecule has 0 unspecified atom stereocenters. The summed E-state index contributed by atoms with van der Waals surface area (Å²) < 4.78 is 32.5. The lowest BCUT2D eigenvalue weighted by atomic mass is 10.0. The maximum absolute atomic E-state index is 13.9. The Morgan fingerprint density at radius 3 is 2.33 bits per heavy atom. The predicted molar refractivity (Wildman–Crippen MR) is 66.2 cm³/mol. The number of hydrogen-bond acceptors (Lipinski definition) is 2. The second-order valence-corrected chi connectivity index (χ2v) is 3.87. The first-order valence-corrected chi connectivity index (χ1v) is 5.48. The van der Waals surface area contributed by atoms with E-state index in [-0.39, 0.29) is 11.3 Å². The molecule has 0 saturated heterocycles. The molecule has 0 amide bonds. The van der Waals surface area contributed by atoms with Crippen LogP contribution < -0.4 is 10.5 Å². The van der Waals surface area contributed by atoms with Gasteiger partial charge in [0.05, 0.1) is 12.7 Å². The Hall–Kier alpha value is -1.94. The standard InChI is InChI=1S/C14H13F2NO/c1-18-11-6-12(15)14(13(16)7-11)10-4-2-3-9(5-10)8-17/h2-7H,8,17H2,1H3. The fourth-order valence-electron chi connectivity index (χ4n) is 1.80. The molecule has 2 rings (SSSR count). The van der Waals surface area contributed by atoms with Crippen molar-refractivity contribution in [1.29, 1.82) is 0 Å². The second kappa shape index (κ2) is 5.14. The molecule has 2 nitrogen and oxygen atoms in total. The monoisotopic (exact) mass is 249 g/mol. The minimum atomic E-state index is -0.652. The van der Waals surface area contributed by atoms with E-state index in [1.165, 1.54) is 7.11 Å². The third kappa shape index (κ3) is 2.33. The van der Waals surface area contributed by atoms with E-state index in [0.29, 0.717) is 12.1 Å². The van der Waals surface area contributed by atoms with Gasteiger partial charge in [-0.3, -0.25) is 0 Å². The van der Waals surface area contributed by atoms with E-state index < -0.39 is 11.6 Å². The molecule has 2 aromatic carbocycles. The average Bonchev–Trinajstić information content (AvgIpc) is 2.38. The zero-order chi connectivity index (χ0) is 13.1. The van der Waals surface area contributed by atoms with Crippen molar-refractivity contribution in [2.24, 2.45) is 5.73 Å². The van der Waals surface area contributed by atoms with Gasteiger partial charge < -0.3 is 10.5 Å². The molecule has 0 heterocycles. The number of rotatable bonds is 3. The summed E-state index contributed by atoms with van der Waals surface area (Å²) in [6.07, 6.45) is 0. The fraction of sp³-hybridized carbons (Fsp3) is 0.143. The highest BCUT2D eigenvalue weighted by atomic mass is 19.1. The van der Waals surface area contributed by atoms with Gasteiger partial charge in [0.25, 0.3) is 0 Å². The molecule has 0 fully saturated rings. The quantitative estimate of drug-likeness (QED) is 0.907. The second-order valence-electron chi connectivity index (χ2n) is 3.87. The lowest BCUT2D eigenvalue weighted by Crippen LogP contribution is -1.97. The molecule has 2 aromatic rings. The minimum absolute atomic E-state index is 0.0638. The number of halogens is 2. The van der Waals surface area contributed by atoms with Gasteiger partial charge in [-0.2, -0.15) is 0 Å². The first kappa shape index (κ1) is 12.5. The smallest absolute Gasteiger partial charge is 0.137 e. The summed E-state index contributed by atoms with van der Waals surface area (Å²) in [6.45, 7) is 0.327. The van der Waals surface area contributed by atoms with Crippen molar-refractivity contribution in [2.45, 2.75) is 6.54 Å². The molecule has 0 aliphatic carbocycles. The van der Waals surface area contributed by atoms with Gasteiger partial charge in [0.15, 0.2) is 0 Å². The van der Waals surface area contributed by atoms with Crippen LogP contribution in [0, 0.1) is 11.6 Å². The van der Waals surface area contributed by atoms with Crippen LogP contribution in [0.3, 0.4) is 0 Å². The molecule has 0 atom stereocenters. The number of ether oxygens (including phenoxy) is 1. The zero-order valence-corrected chi connectivity index (χ0v) is 9.91. The lowest BCUT2D eigenvalue weighted by Gasteiger charge is -2.09. The molecule has 94 valence electrons. The van der Waals surface area contributed by atoms with Crippen molar-refractivity contribution in [3.05, 3.63) is 53.6 Å². The molecule has 0 aromatic heterocycles. The molecule has 18 heavy (non-hydrogen) atoms. The van der Waals surface area contributed by atoms with Gasteiger partial charge in [0.1, 0.15) is 17.4 Å². The summed E-state index contributed by atoms with van der Waals surface area (Å²) in [4.78, 5) is 0. The Morgan fingerprint density at radius 2 is 1.78 bits per heavy atom. The summed E-state index contributed by atoms with van der Waals surface area (Å²) in [6, 6.07) is 9.17. The van der Waals surface area contributed by atoms with E-state index in [9.17, 15) is 8.78 Å². The number of hydrogen-bond donors (Lipinski definition) is 1. The summed E-state index contributed by atoms with van der Waals surface area (Å²) in [5.74, 6) is -1.15. The maximum atomic E-state index is 13.9. The maximum Gasteiger partial charge on any atom is 0.137 e. The van der Waals surface area contributed by atoms with Crippen molar-refractivity contribution in [3.8, 4) is 16.9 Å².